The molecule has 0 radical (unpaired) electrons. The number of nitrogens with one attached hydrogen (secondary N) is 1. The van der Waals surface area contributed by atoms with Crippen LogP contribution in [0.15, 0.2) is 48.5 Å². The number of fused-ring (bicyclic) bond motifs is 4. The van der Waals surface area contributed by atoms with Gasteiger partial charge in [0.25, 0.3) is 0 Å². The zero-order chi connectivity index (χ0) is 38.3. The van der Waals surface area contributed by atoms with Gasteiger partial charge in [0.1, 0.15) is 11.3 Å². The van der Waals surface area contributed by atoms with Crippen LogP contribution in [-0.4, -0.2) is 45.1 Å². The molecule has 5 aromatic rings. The Morgan fingerprint density at radius 2 is 1.89 bits per heavy atom. The first kappa shape index (κ1) is 36.1. The first-order chi connectivity index (χ1) is 26.6. The normalized spacial score (nSPS) is 24.3. The lowest BCUT2D eigenvalue weighted by Gasteiger charge is -2.39. The van der Waals surface area contributed by atoms with Gasteiger partial charge in [0.2, 0.25) is 5.91 Å². The van der Waals surface area contributed by atoms with Crippen molar-refractivity contribution in [2.24, 2.45) is 11.8 Å². The third kappa shape index (κ3) is 5.88. The lowest BCUT2D eigenvalue weighted by Crippen LogP contribution is -2.43. The fourth-order valence-electron chi connectivity index (χ4n) is 9.43. The van der Waals surface area contributed by atoms with Crippen LogP contribution < -0.4 is 5.32 Å². The molecule has 2 aromatic heterocycles. The number of amides is 1. The number of carbonyl (C=O) groups is 1. The van der Waals surface area contributed by atoms with Crippen LogP contribution in [0.4, 0.5) is 8.78 Å². The fraction of sp³-hybridized carbons (Fsp3) is 0.395. The van der Waals surface area contributed by atoms with Crippen LogP contribution in [0.1, 0.15) is 79.2 Å². The molecule has 3 aliphatic heterocycles. The molecule has 6 atom stereocenters. The van der Waals surface area contributed by atoms with Gasteiger partial charge in [-0.1, -0.05) is 41.4 Å². The summed E-state index contributed by atoms with van der Waals surface area (Å²) in [4.78, 5) is 21.1. The summed E-state index contributed by atoms with van der Waals surface area (Å²) in [5, 5.41) is 25.0. The van der Waals surface area contributed by atoms with Crippen molar-refractivity contribution in [3.8, 4) is 23.3 Å². The first-order valence-corrected chi connectivity index (χ1v) is 19.7. The maximum Gasteiger partial charge on any atom is 0.226 e. The van der Waals surface area contributed by atoms with Crippen LogP contribution in [0.25, 0.3) is 32.9 Å². The van der Waals surface area contributed by atoms with Gasteiger partial charge in [-0.05, 0) is 86.9 Å². The number of pyridine rings is 1. The van der Waals surface area contributed by atoms with E-state index in [0.29, 0.717) is 51.6 Å². The molecule has 2 aliphatic carbocycles. The van der Waals surface area contributed by atoms with E-state index in [-0.39, 0.29) is 76.8 Å². The summed E-state index contributed by atoms with van der Waals surface area (Å²) in [6.45, 7) is 4.88. The van der Waals surface area contributed by atoms with Gasteiger partial charge in [-0.2, -0.15) is 10.5 Å². The van der Waals surface area contributed by atoms with Crippen molar-refractivity contribution in [2.75, 3.05) is 6.54 Å². The van der Waals surface area contributed by atoms with Gasteiger partial charge in [0, 0.05) is 64.6 Å². The number of nitriles is 2. The molecular formula is C43H38Cl2F2N6O2. The van der Waals surface area contributed by atoms with E-state index in [9.17, 15) is 19.7 Å². The number of likely N-dealkylation sites (tertiary alicyclic amines) is 1. The van der Waals surface area contributed by atoms with E-state index in [1.54, 1.807) is 24.3 Å². The molecule has 55 heavy (non-hydrogen) atoms. The Balaban J connectivity index is 1.23. The van der Waals surface area contributed by atoms with Gasteiger partial charge in [-0.15, -0.1) is 0 Å². The van der Waals surface area contributed by atoms with Crippen LogP contribution in [0.2, 0.25) is 10.0 Å². The molecule has 2 bridgehead atoms. The Bertz CT molecular complexity index is 2490. The van der Waals surface area contributed by atoms with Crippen molar-refractivity contribution < 1.29 is 18.3 Å². The molecule has 280 valence electrons. The molecule has 12 heteroatoms. The zero-order valence-electron chi connectivity index (χ0n) is 30.4. The van der Waals surface area contributed by atoms with E-state index in [1.165, 1.54) is 12.1 Å². The van der Waals surface area contributed by atoms with Crippen LogP contribution in [0.5, 0.6) is 0 Å². The van der Waals surface area contributed by atoms with Crippen molar-refractivity contribution in [3.05, 3.63) is 98.3 Å². The minimum absolute atomic E-state index is 0.0388. The highest BCUT2D eigenvalue weighted by atomic mass is 35.5. The van der Waals surface area contributed by atoms with Gasteiger partial charge < -0.3 is 19.5 Å². The van der Waals surface area contributed by atoms with Gasteiger partial charge in [0.05, 0.1) is 64.1 Å². The van der Waals surface area contributed by atoms with E-state index in [2.05, 4.69) is 28.1 Å². The van der Waals surface area contributed by atoms with E-state index in [1.807, 2.05) is 24.8 Å². The number of benzene rings is 3. The molecule has 3 aromatic carbocycles. The number of ether oxygens (including phenoxy) is 1. The average Bonchev–Trinajstić information content (AvgIpc) is 3.43. The second kappa shape index (κ2) is 13.9. The van der Waals surface area contributed by atoms with Crippen LogP contribution >= 0.6 is 23.2 Å². The van der Waals surface area contributed by atoms with Gasteiger partial charge in [-0.3, -0.25) is 4.79 Å². The van der Waals surface area contributed by atoms with Crippen LogP contribution in [-0.2, 0) is 22.6 Å². The van der Waals surface area contributed by atoms with Gasteiger partial charge >= 0.3 is 0 Å². The number of aryl methyl sites for hydroxylation is 2. The second-order valence-electron chi connectivity index (χ2n) is 15.6. The van der Waals surface area contributed by atoms with E-state index < -0.39 is 11.6 Å². The Kier molecular flexibility index (Phi) is 9.09. The Morgan fingerprint density at radius 3 is 2.60 bits per heavy atom. The predicted octanol–water partition coefficient (Wildman–Crippen LogP) is 9.27. The summed E-state index contributed by atoms with van der Waals surface area (Å²) < 4.78 is 40.1. The number of rotatable bonds is 9. The molecule has 8 nitrogen and oxygen atoms in total. The van der Waals surface area contributed by atoms with Crippen molar-refractivity contribution in [1.82, 2.24) is 19.8 Å². The topological polar surface area (TPSA) is 107 Å². The number of halogens is 4. The molecular weight excluding hydrogens is 741 g/mol. The standard InChI is InChI=1S/C43H38Cl2F2N6O2/c1-21-30-16-34(35-17-36(22(2)52(35)43(54)23-8-9-23)55-20-25-10-11-28(46)13-26(25)18-49)53(41-27-15-33(41)50-19-27)42(30)31-14-24(5-4-12-48)37(39(47)40(31)51-21)29-6-3-7-32(44)38(29)45/h3,6-7,10-11,13-14,16,22-23,27,33,35-36,41,50H,4-5,8-9,15,17,19-20H2,1-2H3/t22-,27-,33-,35-,36+,41+/m1/s1. The smallest absolute Gasteiger partial charge is 0.226 e. The molecule has 0 spiro atoms. The minimum atomic E-state index is -0.519. The lowest BCUT2D eigenvalue weighted by molar-refractivity contribution is -0.136. The van der Waals surface area contributed by atoms with E-state index in [4.69, 9.17) is 32.9 Å². The number of hydrogen-bond acceptors (Lipinski definition) is 6. The summed E-state index contributed by atoms with van der Waals surface area (Å²) in [6, 6.07) is 17.3. The number of hydrogen-bond donors (Lipinski definition) is 1. The number of aromatic nitrogens is 2. The molecule has 1 N–H and O–H groups in total. The highest BCUT2D eigenvalue weighted by Gasteiger charge is 2.52. The third-order valence-corrected chi connectivity index (χ3v) is 13.2. The van der Waals surface area contributed by atoms with Crippen LogP contribution in [0.3, 0.4) is 0 Å². The van der Waals surface area contributed by atoms with Crippen molar-refractivity contribution in [3.63, 3.8) is 0 Å². The van der Waals surface area contributed by atoms with Crippen molar-refractivity contribution in [2.45, 2.75) is 89.3 Å². The molecule has 2 saturated carbocycles. The minimum Gasteiger partial charge on any atom is -0.371 e. The Morgan fingerprint density at radius 1 is 1.07 bits per heavy atom. The van der Waals surface area contributed by atoms with Gasteiger partial charge in [-0.25, -0.2) is 13.8 Å². The molecule has 0 unspecified atom stereocenters. The molecule has 5 heterocycles. The van der Waals surface area contributed by atoms with Crippen molar-refractivity contribution >= 4 is 50.9 Å². The maximum absolute atomic E-state index is 17.3. The summed E-state index contributed by atoms with van der Waals surface area (Å²) >= 11 is 13.1. The average molecular weight is 780 g/mol. The quantitative estimate of drug-likeness (QED) is 0.160. The Labute approximate surface area is 327 Å². The SMILES string of the molecule is Cc1nc2c(F)c(-c3cccc(Cl)c3Cl)c(CCC#N)cc2c2c1cc([C@H]1C[C@H](OCc3ccc(F)cc3C#N)[C@@H](C)N1C(=O)C1CC1)n2[C@H]1[C@H]2CN[C@@H]1C2. The molecule has 10 rings (SSSR count). The van der Waals surface area contributed by atoms with E-state index >= 15 is 4.39 Å². The predicted molar refractivity (Wildman–Crippen MR) is 206 cm³/mol. The zero-order valence-corrected chi connectivity index (χ0v) is 31.9. The van der Waals surface area contributed by atoms with E-state index in [0.717, 1.165) is 42.4 Å². The fourth-order valence-corrected chi connectivity index (χ4v) is 9.83. The summed E-state index contributed by atoms with van der Waals surface area (Å²) in [5.41, 5.74) is 4.88. The van der Waals surface area contributed by atoms with Crippen LogP contribution in [0, 0.1) is 53.1 Å². The van der Waals surface area contributed by atoms with Gasteiger partial charge in [0.15, 0.2) is 5.82 Å². The molecule has 5 aliphatic rings. The highest BCUT2D eigenvalue weighted by Crippen LogP contribution is 2.52. The molecule has 5 fully saturated rings. The second-order valence-corrected chi connectivity index (χ2v) is 16.3. The lowest BCUT2D eigenvalue weighted by atomic mass is 9.79. The summed E-state index contributed by atoms with van der Waals surface area (Å²) in [5.74, 6) is -0.585. The molecule has 3 saturated heterocycles. The monoisotopic (exact) mass is 778 g/mol. The first-order valence-electron chi connectivity index (χ1n) is 18.9. The summed E-state index contributed by atoms with van der Waals surface area (Å²) in [7, 11) is 0. The maximum atomic E-state index is 17.3. The Hall–Kier alpha value is -4.58. The third-order valence-electron chi connectivity index (χ3n) is 12.4. The highest BCUT2D eigenvalue weighted by molar-refractivity contribution is 6.43. The number of nitrogens with zero attached hydrogens (tertiary/aromatic N) is 5. The van der Waals surface area contributed by atoms with Crippen molar-refractivity contribution in [1.29, 1.82) is 10.5 Å². The largest absolute Gasteiger partial charge is 0.371 e. The summed E-state index contributed by atoms with van der Waals surface area (Å²) in [6.07, 6.45) is 3.35. The molecule has 1 amide bonds. The number of carbonyl (C=O) groups excluding carboxylic acids is 1.